The number of carbonyl (C=O) groups is 1. The molecule has 1 fully saturated rings. The minimum Gasteiger partial charge on any atom is -0.355 e. The summed E-state index contributed by atoms with van der Waals surface area (Å²) in [4.78, 5) is 14.2. The van der Waals surface area contributed by atoms with E-state index >= 15 is 0 Å². The molecule has 0 bridgehead atoms. The van der Waals surface area contributed by atoms with Gasteiger partial charge in [-0.1, -0.05) is 60.7 Å². The van der Waals surface area contributed by atoms with Crippen molar-refractivity contribution in [1.82, 2.24) is 14.5 Å². The first-order chi connectivity index (χ1) is 14.0. The van der Waals surface area contributed by atoms with E-state index < -0.39 is 10.0 Å². The van der Waals surface area contributed by atoms with E-state index in [4.69, 9.17) is 0 Å². The Balaban J connectivity index is 1.35. The Morgan fingerprint density at radius 3 is 2.07 bits per heavy atom. The van der Waals surface area contributed by atoms with Crippen molar-refractivity contribution in [2.24, 2.45) is 0 Å². The van der Waals surface area contributed by atoms with E-state index in [1.807, 2.05) is 53.4 Å². The highest BCUT2D eigenvalue weighted by Gasteiger charge is 2.27. The topological polar surface area (TPSA) is 69.7 Å². The highest BCUT2D eigenvalue weighted by molar-refractivity contribution is 7.88. The number of carbonyl (C=O) groups excluding carboxylic acids is 1. The molecule has 1 N–H and O–H groups in total. The van der Waals surface area contributed by atoms with Crippen LogP contribution in [0.3, 0.4) is 0 Å². The summed E-state index contributed by atoms with van der Waals surface area (Å²) in [6.07, 6.45) is 1.85. The van der Waals surface area contributed by atoms with E-state index in [2.05, 4.69) is 17.4 Å². The average molecular weight is 416 g/mol. The van der Waals surface area contributed by atoms with Gasteiger partial charge in [-0.3, -0.25) is 9.69 Å². The van der Waals surface area contributed by atoms with Crippen LogP contribution >= 0.6 is 0 Å². The van der Waals surface area contributed by atoms with Crippen LogP contribution in [0.5, 0.6) is 0 Å². The normalized spacial score (nSPS) is 15.9. The number of rotatable bonds is 9. The first-order valence-electron chi connectivity index (χ1n) is 10.1. The van der Waals surface area contributed by atoms with Gasteiger partial charge in [0.15, 0.2) is 0 Å². The van der Waals surface area contributed by atoms with Gasteiger partial charge in [0.1, 0.15) is 0 Å². The van der Waals surface area contributed by atoms with Gasteiger partial charge in [-0.05, 0) is 24.0 Å². The zero-order valence-electron chi connectivity index (χ0n) is 16.7. The van der Waals surface area contributed by atoms with Gasteiger partial charge in [-0.2, -0.15) is 4.31 Å². The molecule has 29 heavy (non-hydrogen) atoms. The molecule has 3 rings (SSSR count). The van der Waals surface area contributed by atoms with Gasteiger partial charge < -0.3 is 5.32 Å². The summed E-state index contributed by atoms with van der Waals surface area (Å²) in [5.74, 6) is 0.0223. The molecule has 1 amide bonds. The molecule has 0 atom stereocenters. The molecule has 0 spiro atoms. The minimum absolute atomic E-state index is 0.00125. The van der Waals surface area contributed by atoms with Crippen LogP contribution in [0, 0.1) is 0 Å². The van der Waals surface area contributed by atoms with Crippen LogP contribution < -0.4 is 5.32 Å². The third kappa shape index (κ3) is 6.96. The number of sulfonamides is 1. The van der Waals surface area contributed by atoms with E-state index in [9.17, 15) is 13.2 Å². The molecule has 0 aromatic heterocycles. The second-order valence-electron chi connectivity index (χ2n) is 7.36. The molecule has 0 saturated carbocycles. The number of hydrogen-bond donors (Lipinski definition) is 1. The molecule has 0 unspecified atom stereocenters. The Morgan fingerprint density at radius 2 is 1.45 bits per heavy atom. The van der Waals surface area contributed by atoms with Crippen molar-refractivity contribution in [2.75, 3.05) is 39.3 Å². The van der Waals surface area contributed by atoms with E-state index in [0.29, 0.717) is 39.3 Å². The Hall–Kier alpha value is -2.22. The van der Waals surface area contributed by atoms with Gasteiger partial charge in [-0.25, -0.2) is 8.42 Å². The SMILES string of the molecule is O=C(CN1CCN(S(=O)(=O)Cc2ccccc2)CC1)NCCCc1ccccc1. The van der Waals surface area contributed by atoms with Gasteiger partial charge >= 0.3 is 0 Å². The molecule has 7 heteroatoms. The number of aryl methyl sites for hydroxylation is 1. The maximum Gasteiger partial charge on any atom is 0.234 e. The zero-order valence-corrected chi connectivity index (χ0v) is 17.5. The molecule has 0 radical (unpaired) electrons. The van der Waals surface area contributed by atoms with Gasteiger partial charge in [0, 0.05) is 32.7 Å². The smallest absolute Gasteiger partial charge is 0.234 e. The Bertz CT molecular complexity index is 865. The number of piperazine rings is 1. The van der Waals surface area contributed by atoms with Crippen molar-refractivity contribution in [2.45, 2.75) is 18.6 Å². The van der Waals surface area contributed by atoms with Crippen LogP contribution in [0.25, 0.3) is 0 Å². The summed E-state index contributed by atoms with van der Waals surface area (Å²) in [5.41, 5.74) is 2.07. The number of amides is 1. The van der Waals surface area contributed by atoms with E-state index in [-0.39, 0.29) is 11.7 Å². The molecular formula is C22H29N3O3S. The predicted molar refractivity (Wildman–Crippen MR) is 115 cm³/mol. The standard InChI is InChI=1S/C22H29N3O3S/c26-22(23-13-7-12-20-8-3-1-4-9-20)18-24-14-16-25(17-15-24)29(27,28)19-21-10-5-2-6-11-21/h1-6,8-11H,7,12-19H2,(H,23,26). The molecule has 2 aromatic rings. The zero-order chi connectivity index (χ0) is 20.5. The average Bonchev–Trinajstić information content (AvgIpc) is 2.73. The highest BCUT2D eigenvalue weighted by atomic mass is 32.2. The van der Waals surface area contributed by atoms with Crippen molar-refractivity contribution in [3.63, 3.8) is 0 Å². The summed E-state index contributed by atoms with van der Waals surface area (Å²) in [6.45, 7) is 2.97. The summed E-state index contributed by atoms with van der Waals surface area (Å²) in [5, 5.41) is 2.96. The van der Waals surface area contributed by atoms with Crippen molar-refractivity contribution in [3.05, 3.63) is 71.8 Å². The Morgan fingerprint density at radius 1 is 0.862 bits per heavy atom. The lowest BCUT2D eigenvalue weighted by Crippen LogP contribution is -2.51. The maximum absolute atomic E-state index is 12.6. The molecule has 1 heterocycles. The summed E-state index contributed by atoms with van der Waals surface area (Å²) in [6, 6.07) is 19.5. The quantitative estimate of drug-likeness (QED) is 0.635. The largest absolute Gasteiger partial charge is 0.355 e. The van der Waals surface area contributed by atoms with Crippen LogP contribution in [-0.2, 0) is 27.0 Å². The second-order valence-corrected chi connectivity index (χ2v) is 9.33. The van der Waals surface area contributed by atoms with Gasteiger partial charge in [0.25, 0.3) is 0 Å². The monoisotopic (exact) mass is 415 g/mol. The van der Waals surface area contributed by atoms with E-state index in [1.54, 1.807) is 0 Å². The Kier molecular flexibility index (Phi) is 7.80. The third-order valence-electron chi connectivity index (χ3n) is 5.09. The molecule has 0 aliphatic carbocycles. The first-order valence-corrected chi connectivity index (χ1v) is 11.7. The number of nitrogens with one attached hydrogen (secondary N) is 1. The first kappa shape index (κ1) is 21.5. The van der Waals surface area contributed by atoms with E-state index in [0.717, 1.165) is 18.4 Å². The van der Waals surface area contributed by atoms with Crippen LogP contribution in [-0.4, -0.2) is 62.8 Å². The van der Waals surface area contributed by atoms with Gasteiger partial charge in [0.05, 0.1) is 12.3 Å². The van der Waals surface area contributed by atoms with Crippen LogP contribution in [0.2, 0.25) is 0 Å². The van der Waals surface area contributed by atoms with Crippen LogP contribution in [0.1, 0.15) is 17.5 Å². The lowest BCUT2D eigenvalue weighted by atomic mass is 10.1. The van der Waals surface area contributed by atoms with Gasteiger partial charge in [0.2, 0.25) is 15.9 Å². The second kappa shape index (κ2) is 10.5. The fourth-order valence-corrected chi connectivity index (χ4v) is 4.98. The maximum atomic E-state index is 12.6. The minimum atomic E-state index is -3.33. The summed E-state index contributed by atoms with van der Waals surface area (Å²) >= 11 is 0. The lowest BCUT2D eigenvalue weighted by Gasteiger charge is -2.33. The van der Waals surface area contributed by atoms with Crippen molar-refractivity contribution in [1.29, 1.82) is 0 Å². The summed E-state index contributed by atoms with van der Waals surface area (Å²) in [7, 11) is -3.33. The van der Waals surface area contributed by atoms with Crippen LogP contribution in [0.15, 0.2) is 60.7 Å². The van der Waals surface area contributed by atoms with E-state index in [1.165, 1.54) is 9.87 Å². The molecule has 1 aliphatic heterocycles. The number of nitrogens with zero attached hydrogens (tertiary/aromatic N) is 2. The number of benzene rings is 2. The third-order valence-corrected chi connectivity index (χ3v) is 6.94. The van der Waals surface area contributed by atoms with Crippen LogP contribution in [0.4, 0.5) is 0 Å². The van der Waals surface area contributed by atoms with Crippen molar-refractivity contribution < 1.29 is 13.2 Å². The lowest BCUT2D eigenvalue weighted by molar-refractivity contribution is -0.122. The highest BCUT2D eigenvalue weighted by Crippen LogP contribution is 2.13. The Labute approximate surface area is 173 Å². The van der Waals surface area contributed by atoms with Gasteiger partial charge in [-0.15, -0.1) is 0 Å². The number of hydrogen-bond acceptors (Lipinski definition) is 4. The molecule has 6 nitrogen and oxygen atoms in total. The molecule has 1 aliphatic rings. The molecule has 2 aromatic carbocycles. The van der Waals surface area contributed by atoms with Crippen molar-refractivity contribution in [3.8, 4) is 0 Å². The summed E-state index contributed by atoms with van der Waals surface area (Å²) < 4.78 is 26.7. The molecule has 1 saturated heterocycles. The predicted octanol–water partition coefficient (Wildman–Crippen LogP) is 1.88. The molecular weight excluding hydrogens is 386 g/mol. The van der Waals surface area contributed by atoms with Crippen molar-refractivity contribution >= 4 is 15.9 Å². The molecule has 156 valence electrons. The fourth-order valence-electron chi connectivity index (χ4n) is 3.47. The fraction of sp³-hybridized carbons (Fsp3) is 0.409.